The van der Waals surface area contributed by atoms with Gasteiger partial charge in [0.1, 0.15) is 5.82 Å². The van der Waals surface area contributed by atoms with Gasteiger partial charge >= 0.3 is 0 Å². The van der Waals surface area contributed by atoms with E-state index in [4.69, 9.17) is 11.1 Å². The van der Waals surface area contributed by atoms with Gasteiger partial charge in [0.05, 0.1) is 5.56 Å². The zero-order valence-corrected chi connectivity index (χ0v) is 19.9. The van der Waals surface area contributed by atoms with E-state index in [1.54, 1.807) is 30.5 Å². The Hall–Kier alpha value is -3.91. The van der Waals surface area contributed by atoms with E-state index in [9.17, 15) is 4.79 Å². The van der Waals surface area contributed by atoms with Crippen molar-refractivity contribution in [2.45, 2.75) is 25.3 Å². The zero-order valence-electron chi connectivity index (χ0n) is 19.9. The molecule has 0 bridgehead atoms. The van der Waals surface area contributed by atoms with Crippen LogP contribution < -0.4 is 21.3 Å². The van der Waals surface area contributed by atoms with Crippen LogP contribution in [0.3, 0.4) is 0 Å². The molecule has 0 aliphatic carbocycles. The Labute approximate surface area is 205 Å². The van der Waals surface area contributed by atoms with Crippen molar-refractivity contribution in [2.24, 2.45) is 0 Å². The van der Waals surface area contributed by atoms with E-state index in [0.717, 1.165) is 31.7 Å². The molecule has 3 heterocycles. The molecule has 0 saturated carbocycles. The van der Waals surface area contributed by atoms with Gasteiger partial charge in [-0.05, 0) is 87.4 Å². The number of hydrogen-bond donors (Lipinski definition) is 4. The predicted molar refractivity (Wildman–Crippen MR) is 142 cm³/mol. The fourth-order valence-corrected chi connectivity index (χ4v) is 4.97. The van der Waals surface area contributed by atoms with Crippen LogP contribution in [0.25, 0.3) is 0 Å². The van der Waals surface area contributed by atoms with Crippen molar-refractivity contribution in [3.8, 4) is 0 Å². The van der Waals surface area contributed by atoms with Gasteiger partial charge in [-0.3, -0.25) is 4.79 Å². The molecule has 0 radical (unpaired) electrons. The number of nitrogen functional groups attached to an aromatic ring is 1. The first kappa shape index (κ1) is 22.9. The lowest BCUT2D eigenvalue weighted by Gasteiger charge is -2.36. The number of pyridine rings is 1. The third-order valence-corrected chi connectivity index (χ3v) is 6.96. The lowest BCUT2D eigenvalue weighted by atomic mass is 10.0. The highest BCUT2D eigenvalue weighted by Gasteiger charge is 2.28. The van der Waals surface area contributed by atoms with Crippen LogP contribution >= 0.6 is 0 Å². The third-order valence-electron chi connectivity index (χ3n) is 6.96. The van der Waals surface area contributed by atoms with Crippen molar-refractivity contribution in [2.75, 3.05) is 47.9 Å². The first-order valence-corrected chi connectivity index (χ1v) is 12.0. The highest BCUT2D eigenvalue weighted by atomic mass is 16.1. The Kier molecular flexibility index (Phi) is 6.37. The second-order valence-corrected chi connectivity index (χ2v) is 9.29. The van der Waals surface area contributed by atoms with Crippen molar-refractivity contribution >= 4 is 40.7 Å². The second-order valence-electron chi connectivity index (χ2n) is 9.29. The number of nitrogens with one attached hydrogen (secondary N) is 3. The summed E-state index contributed by atoms with van der Waals surface area (Å²) >= 11 is 0. The number of nitrogens with two attached hydrogens (primary N) is 1. The number of carbonyl (C=O) groups is 1. The molecule has 1 saturated heterocycles. The zero-order chi connectivity index (χ0) is 24.4. The fraction of sp³-hybridized carbons (Fsp3) is 0.296. The molecule has 1 aromatic heterocycles. The normalized spacial score (nSPS) is 16.1. The first-order chi connectivity index (χ1) is 17.0. The molecule has 180 valence electrons. The van der Waals surface area contributed by atoms with Gasteiger partial charge in [-0.15, -0.1) is 0 Å². The Bertz CT molecular complexity index is 1250. The Balaban J connectivity index is 1.33. The number of anilines is 5. The van der Waals surface area contributed by atoms with E-state index in [1.165, 1.54) is 30.3 Å². The minimum absolute atomic E-state index is 0.228. The Morgan fingerprint density at radius 3 is 2.69 bits per heavy atom. The molecule has 2 aromatic carbocycles. The molecule has 5 N–H and O–H groups in total. The maximum Gasteiger partial charge on any atom is 0.259 e. The molecule has 1 fully saturated rings. The lowest BCUT2D eigenvalue weighted by Crippen LogP contribution is -2.43. The molecule has 2 aliphatic heterocycles. The Morgan fingerprint density at radius 2 is 1.91 bits per heavy atom. The van der Waals surface area contributed by atoms with Crippen molar-refractivity contribution in [1.29, 1.82) is 5.41 Å². The highest BCUT2D eigenvalue weighted by Crippen LogP contribution is 2.35. The van der Waals surface area contributed by atoms with E-state index >= 15 is 0 Å². The molecule has 8 heteroatoms. The third kappa shape index (κ3) is 4.83. The number of benzene rings is 2. The van der Waals surface area contributed by atoms with Crippen LogP contribution in [0.2, 0.25) is 0 Å². The van der Waals surface area contributed by atoms with Crippen LogP contribution in [-0.2, 0) is 6.42 Å². The van der Waals surface area contributed by atoms with E-state index in [-0.39, 0.29) is 5.91 Å². The molecule has 0 atom stereocenters. The van der Waals surface area contributed by atoms with Gasteiger partial charge in [0.25, 0.3) is 5.91 Å². The van der Waals surface area contributed by atoms with Crippen molar-refractivity contribution < 1.29 is 4.79 Å². The maximum atomic E-state index is 13.2. The topological polar surface area (TPSA) is 110 Å². The molecule has 3 aromatic rings. The largest absolute Gasteiger partial charge is 0.398 e. The van der Waals surface area contributed by atoms with E-state index < -0.39 is 0 Å². The molecule has 35 heavy (non-hydrogen) atoms. The second kappa shape index (κ2) is 9.76. The van der Waals surface area contributed by atoms with Crippen molar-refractivity contribution in [3.63, 3.8) is 0 Å². The van der Waals surface area contributed by atoms with Crippen molar-refractivity contribution in [1.82, 2.24) is 9.88 Å². The number of nitrogens with zero attached hydrogens (tertiary/aromatic N) is 3. The van der Waals surface area contributed by atoms with Crippen LogP contribution in [0.15, 0.2) is 54.7 Å². The van der Waals surface area contributed by atoms with Gasteiger partial charge in [0, 0.05) is 53.3 Å². The number of piperidine rings is 1. The smallest absolute Gasteiger partial charge is 0.259 e. The van der Waals surface area contributed by atoms with Crippen molar-refractivity contribution in [3.05, 3.63) is 71.4 Å². The molecular weight excluding hydrogens is 438 g/mol. The predicted octanol–water partition coefficient (Wildman–Crippen LogP) is 4.11. The summed E-state index contributed by atoms with van der Waals surface area (Å²) in [7, 11) is 2.18. The highest BCUT2D eigenvalue weighted by molar-refractivity contribution is 6.08. The van der Waals surface area contributed by atoms with Crippen LogP contribution in [0.4, 0.5) is 28.6 Å². The first-order valence-electron chi connectivity index (χ1n) is 12.0. The van der Waals surface area contributed by atoms with Gasteiger partial charge in [-0.2, -0.15) is 0 Å². The summed E-state index contributed by atoms with van der Waals surface area (Å²) in [6.07, 6.45) is 6.24. The van der Waals surface area contributed by atoms with Gasteiger partial charge in [-0.1, -0.05) is 6.07 Å². The SMILES string of the molecule is CN1CCC(N2CCc3ccc(NC(=O)c4cccnc4Nc4ccc(C=N)c(N)c4)cc32)CC1. The monoisotopic (exact) mass is 469 g/mol. The number of likely N-dealkylation sites (tertiary alicyclic amines) is 1. The summed E-state index contributed by atoms with van der Waals surface area (Å²) in [5.74, 6) is 0.217. The van der Waals surface area contributed by atoms with Gasteiger partial charge in [0.2, 0.25) is 0 Å². The van der Waals surface area contributed by atoms with E-state index in [0.29, 0.717) is 34.4 Å². The van der Waals surface area contributed by atoms with Crippen LogP contribution in [0, 0.1) is 5.41 Å². The number of aromatic nitrogens is 1. The molecule has 2 aliphatic rings. The molecular formula is C27H31N7O. The summed E-state index contributed by atoms with van der Waals surface area (Å²) in [6, 6.07) is 15.6. The van der Waals surface area contributed by atoms with Gasteiger partial charge in [-0.25, -0.2) is 4.98 Å². The standard InChI is InChI=1S/C27H31N7O/c1-33-12-9-22(10-13-33)34-14-8-18-4-6-21(16-25(18)34)32-27(35)23-3-2-11-30-26(23)31-20-7-5-19(17-28)24(29)15-20/h2-7,11,15-17,22,28H,8-10,12-14,29H2,1H3,(H,30,31)(H,32,35). The summed E-state index contributed by atoms with van der Waals surface area (Å²) in [5, 5.41) is 13.7. The number of amides is 1. The van der Waals surface area contributed by atoms with Crippen LogP contribution in [0.1, 0.15) is 34.3 Å². The molecule has 0 spiro atoms. The lowest BCUT2D eigenvalue weighted by molar-refractivity contribution is 0.102. The molecule has 1 amide bonds. The van der Waals surface area contributed by atoms with Crippen LogP contribution in [0.5, 0.6) is 0 Å². The molecule has 5 rings (SSSR count). The quantitative estimate of drug-likeness (QED) is 0.319. The summed E-state index contributed by atoms with van der Waals surface area (Å²) < 4.78 is 0. The maximum absolute atomic E-state index is 13.2. The fourth-order valence-electron chi connectivity index (χ4n) is 4.97. The van der Waals surface area contributed by atoms with E-state index in [1.807, 2.05) is 12.1 Å². The summed E-state index contributed by atoms with van der Waals surface area (Å²) in [4.78, 5) is 22.5. The summed E-state index contributed by atoms with van der Waals surface area (Å²) in [6.45, 7) is 3.29. The summed E-state index contributed by atoms with van der Waals surface area (Å²) in [5.41, 5.74) is 11.6. The number of hydrogen-bond acceptors (Lipinski definition) is 7. The number of rotatable bonds is 6. The molecule has 0 unspecified atom stereocenters. The van der Waals surface area contributed by atoms with E-state index in [2.05, 4.69) is 44.6 Å². The average Bonchev–Trinajstić information content (AvgIpc) is 3.28. The van der Waals surface area contributed by atoms with Gasteiger partial charge < -0.3 is 31.6 Å². The minimum Gasteiger partial charge on any atom is -0.398 e. The number of carbonyl (C=O) groups excluding carboxylic acids is 1. The average molecular weight is 470 g/mol. The minimum atomic E-state index is -0.228. The van der Waals surface area contributed by atoms with Crippen LogP contribution in [-0.4, -0.2) is 54.7 Å². The Morgan fingerprint density at radius 1 is 1.11 bits per heavy atom. The number of fused-ring (bicyclic) bond motifs is 1. The molecule has 8 nitrogen and oxygen atoms in total. The van der Waals surface area contributed by atoms with Gasteiger partial charge in [0.15, 0.2) is 0 Å².